The third-order valence-electron chi connectivity index (χ3n) is 3.66. The normalized spacial score (nSPS) is 11.6. The molecule has 0 radical (unpaired) electrons. The minimum Gasteiger partial charge on any atom is -0.495 e. The van der Waals surface area contributed by atoms with E-state index >= 15 is 0 Å². The highest BCUT2D eigenvalue weighted by molar-refractivity contribution is 7.89. The highest BCUT2D eigenvalue weighted by atomic mass is 32.2. The van der Waals surface area contributed by atoms with Gasteiger partial charge in [-0.3, -0.25) is 0 Å². The molecule has 2 heterocycles. The summed E-state index contributed by atoms with van der Waals surface area (Å²) >= 11 is 3.12. The van der Waals surface area contributed by atoms with Gasteiger partial charge in [-0.15, -0.1) is 22.7 Å². The number of hydrogen-bond acceptors (Lipinski definition) is 6. The number of methoxy groups -OCH3 is 1. The van der Waals surface area contributed by atoms with Crippen molar-refractivity contribution < 1.29 is 13.2 Å². The van der Waals surface area contributed by atoms with Gasteiger partial charge in [0.05, 0.1) is 17.7 Å². The Morgan fingerprint density at radius 2 is 2.04 bits per heavy atom. The number of aromatic nitrogens is 1. The molecule has 132 valence electrons. The van der Waals surface area contributed by atoms with Gasteiger partial charge in [0, 0.05) is 11.4 Å². The summed E-state index contributed by atoms with van der Waals surface area (Å²) in [5.41, 5.74) is 1.78. The lowest BCUT2D eigenvalue weighted by molar-refractivity contribution is 0.402. The van der Waals surface area contributed by atoms with E-state index in [1.807, 2.05) is 31.4 Å². The van der Waals surface area contributed by atoms with Gasteiger partial charge in [0.2, 0.25) is 10.0 Å². The second-order valence-electron chi connectivity index (χ2n) is 5.48. The van der Waals surface area contributed by atoms with Crippen LogP contribution in [0.4, 0.5) is 0 Å². The molecule has 5 nitrogen and oxygen atoms in total. The fourth-order valence-corrected chi connectivity index (χ4v) is 5.37. The van der Waals surface area contributed by atoms with Gasteiger partial charge in [-0.05, 0) is 43.0 Å². The lowest BCUT2D eigenvalue weighted by Crippen LogP contribution is -2.23. The molecule has 0 aliphatic carbocycles. The molecule has 0 amide bonds. The molecule has 0 atom stereocenters. The van der Waals surface area contributed by atoms with Crippen LogP contribution >= 0.6 is 22.7 Å². The molecule has 0 fully saturated rings. The zero-order valence-electron chi connectivity index (χ0n) is 14.1. The summed E-state index contributed by atoms with van der Waals surface area (Å²) in [6.45, 7) is 3.98. The Bertz CT molecular complexity index is 977. The van der Waals surface area contributed by atoms with Crippen LogP contribution in [0.15, 0.2) is 40.6 Å². The van der Waals surface area contributed by atoms with Crippen LogP contribution in [0.2, 0.25) is 0 Å². The number of aryl methyl sites for hydroxylation is 2. The molecular weight excluding hydrogens is 376 g/mol. The first kappa shape index (κ1) is 18.1. The van der Waals surface area contributed by atoms with Crippen LogP contribution < -0.4 is 9.46 Å². The fraction of sp³-hybridized carbons (Fsp3) is 0.235. The van der Waals surface area contributed by atoms with Gasteiger partial charge in [-0.2, -0.15) is 0 Å². The zero-order chi connectivity index (χ0) is 18.0. The predicted molar refractivity (Wildman–Crippen MR) is 102 cm³/mol. The van der Waals surface area contributed by atoms with Crippen LogP contribution in [0.1, 0.15) is 16.1 Å². The Morgan fingerprint density at radius 3 is 2.72 bits per heavy atom. The number of benzene rings is 1. The van der Waals surface area contributed by atoms with Crippen molar-refractivity contribution in [1.82, 2.24) is 9.71 Å². The maximum Gasteiger partial charge on any atom is 0.244 e. The minimum absolute atomic E-state index is 0.140. The molecule has 0 aliphatic heterocycles. The van der Waals surface area contributed by atoms with E-state index < -0.39 is 10.0 Å². The van der Waals surface area contributed by atoms with Gasteiger partial charge >= 0.3 is 0 Å². The Morgan fingerprint density at radius 1 is 1.24 bits per heavy atom. The number of thiazole rings is 1. The van der Waals surface area contributed by atoms with Crippen LogP contribution in [-0.4, -0.2) is 20.5 Å². The molecule has 3 rings (SSSR count). The number of ether oxygens (including phenoxy) is 1. The van der Waals surface area contributed by atoms with E-state index in [-0.39, 0.29) is 11.4 Å². The lowest BCUT2D eigenvalue weighted by atomic mass is 10.2. The monoisotopic (exact) mass is 394 g/mol. The Balaban J connectivity index is 1.81. The Labute approximate surface area is 155 Å². The average molecular weight is 395 g/mol. The minimum atomic E-state index is -3.67. The van der Waals surface area contributed by atoms with Crippen molar-refractivity contribution in [3.05, 3.63) is 51.8 Å². The number of sulfonamides is 1. The SMILES string of the molecule is COc1cc(C)ccc1S(=O)(=O)NCc1sc(-c2cccs2)nc1C. The van der Waals surface area contributed by atoms with Gasteiger partial charge in [0.15, 0.2) is 0 Å². The van der Waals surface area contributed by atoms with E-state index in [4.69, 9.17) is 4.74 Å². The second kappa shape index (κ2) is 7.25. The molecule has 1 aromatic carbocycles. The lowest BCUT2D eigenvalue weighted by Gasteiger charge is -2.11. The smallest absolute Gasteiger partial charge is 0.244 e. The molecule has 3 aromatic rings. The van der Waals surface area contributed by atoms with Gasteiger partial charge in [-0.25, -0.2) is 18.1 Å². The van der Waals surface area contributed by atoms with E-state index in [0.717, 1.165) is 26.0 Å². The summed E-state index contributed by atoms with van der Waals surface area (Å²) < 4.78 is 33.1. The summed E-state index contributed by atoms with van der Waals surface area (Å²) in [7, 11) is -2.21. The predicted octanol–water partition coefficient (Wildman–Crippen LogP) is 3.98. The number of hydrogen-bond donors (Lipinski definition) is 1. The molecule has 0 saturated heterocycles. The van der Waals surface area contributed by atoms with E-state index in [1.54, 1.807) is 29.5 Å². The van der Waals surface area contributed by atoms with Crippen molar-refractivity contribution in [3.8, 4) is 15.6 Å². The molecule has 1 N–H and O–H groups in total. The van der Waals surface area contributed by atoms with Gasteiger partial charge in [0.1, 0.15) is 15.7 Å². The molecule has 2 aromatic heterocycles. The van der Waals surface area contributed by atoms with Crippen molar-refractivity contribution in [2.75, 3.05) is 7.11 Å². The summed E-state index contributed by atoms with van der Waals surface area (Å²) in [6, 6.07) is 9.01. The second-order valence-corrected chi connectivity index (χ2v) is 9.25. The number of nitrogens with zero attached hydrogens (tertiary/aromatic N) is 1. The Kier molecular flexibility index (Phi) is 5.24. The molecular formula is C17H18N2O3S3. The molecule has 8 heteroatoms. The third-order valence-corrected chi connectivity index (χ3v) is 7.29. The molecule has 25 heavy (non-hydrogen) atoms. The topological polar surface area (TPSA) is 68.3 Å². The third kappa shape index (κ3) is 3.92. The standard InChI is InChI=1S/C17H18N2O3S3/c1-11-6-7-16(13(9-11)22-3)25(20,21)18-10-15-12(2)19-17(24-15)14-5-4-8-23-14/h4-9,18H,10H2,1-3H3. The average Bonchev–Trinajstić information content (AvgIpc) is 3.22. The van der Waals surface area contributed by atoms with Crippen molar-refractivity contribution in [1.29, 1.82) is 0 Å². The maximum atomic E-state index is 12.6. The molecule has 0 bridgehead atoms. The number of thiophene rings is 1. The van der Waals surface area contributed by atoms with Gasteiger partial charge < -0.3 is 4.74 Å². The molecule has 0 saturated carbocycles. The van der Waals surface area contributed by atoms with Crippen LogP contribution in [0.3, 0.4) is 0 Å². The highest BCUT2D eigenvalue weighted by Gasteiger charge is 2.20. The van der Waals surface area contributed by atoms with Crippen molar-refractivity contribution in [2.45, 2.75) is 25.3 Å². The van der Waals surface area contributed by atoms with Crippen LogP contribution in [0.25, 0.3) is 9.88 Å². The molecule has 0 spiro atoms. The fourth-order valence-electron chi connectivity index (χ4n) is 2.33. The summed E-state index contributed by atoms with van der Waals surface area (Å²) in [5, 5.41) is 2.91. The Hall–Kier alpha value is -1.74. The first-order valence-corrected chi connectivity index (χ1v) is 10.7. The number of rotatable bonds is 6. The maximum absolute atomic E-state index is 12.6. The van der Waals surface area contributed by atoms with E-state index in [9.17, 15) is 8.42 Å². The van der Waals surface area contributed by atoms with E-state index in [1.165, 1.54) is 18.4 Å². The summed E-state index contributed by atoms with van der Waals surface area (Å²) in [6.07, 6.45) is 0. The van der Waals surface area contributed by atoms with E-state index in [2.05, 4.69) is 9.71 Å². The first-order valence-electron chi connectivity index (χ1n) is 7.55. The van der Waals surface area contributed by atoms with Crippen LogP contribution in [0, 0.1) is 13.8 Å². The van der Waals surface area contributed by atoms with Crippen molar-refractivity contribution in [3.63, 3.8) is 0 Å². The van der Waals surface area contributed by atoms with E-state index in [0.29, 0.717) is 5.75 Å². The largest absolute Gasteiger partial charge is 0.495 e. The quantitative estimate of drug-likeness (QED) is 0.687. The van der Waals surface area contributed by atoms with Crippen LogP contribution in [-0.2, 0) is 16.6 Å². The summed E-state index contributed by atoms with van der Waals surface area (Å²) in [4.78, 5) is 6.67. The molecule has 0 unspecified atom stereocenters. The van der Waals surface area contributed by atoms with Crippen molar-refractivity contribution >= 4 is 32.7 Å². The van der Waals surface area contributed by atoms with Gasteiger partial charge in [0.25, 0.3) is 0 Å². The summed E-state index contributed by atoms with van der Waals surface area (Å²) in [5.74, 6) is 0.341. The highest BCUT2D eigenvalue weighted by Crippen LogP contribution is 2.31. The number of nitrogens with one attached hydrogen (secondary N) is 1. The van der Waals surface area contributed by atoms with Crippen molar-refractivity contribution in [2.24, 2.45) is 0 Å². The molecule has 0 aliphatic rings. The zero-order valence-corrected chi connectivity index (χ0v) is 16.5. The van der Waals surface area contributed by atoms with Crippen LogP contribution in [0.5, 0.6) is 5.75 Å². The first-order chi connectivity index (χ1) is 11.9. The van der Waals surface area contributed by atoms with Gasteiger partial charge in [-0.1, -0.05) is 12.1 Å².